The van der Waals surface area contributed by atoms with Gasteiger partial charge in [-0.15, -0.1) is 0 Å². The number of rotatable bonds is 4. The molecule has 6 heteroatoms. The first kappa shape index (κ1) is 20.4. The van der Waals surface area contributed by atoms with E-state index < -0.39 is 0 Å². The van der Waals surface area contributed by atoms with Gasteiger partial charge in [-0.2, -0.15) is 0 Å². The SMILES string of the molecule is O=C(NC1CCC(O)CC1)[C@@H]1CCCN(c2nc(-c3ccccc3)nc3c2CCC3)C1. The highest BCUT2D eigenvalue weighted by atomic mass is 16.3. The number of anilines is 1. The molecule has 2 aromatic rings. The molecular weight excluding hydrogens is 388 g/mol. The fourth-order valence-electron chi connectivity index (χ4n) is 5.31. The van der Waals surface area contributed by atoms with Crippen LogP contribution in [0.2, 0.25) is 0 Å². The van der Waals surface area contributed by atoms with Crippen LogP contribution in [0.15, 0.2) is 30.3 Å². The molecule has 5 rings (SSSR count). The minimum absolute atomic E-state index is 0.00667. The Labute approximate surface area is 184 Å². The van der Waals surface area contributed by atoms with Gasteiger partial charge in [0.25, 0.3) is 0 Å². The second-order valence-corrected chi connectivity index (χ2v) is 9.31. The number of benzene rings is 1. The molecule has 3 aliphatic rings. The van der Waals surface area contributed by atoms with Crippen LogP contribution in [-0.4, -0.2) is 46.2 Å². The summed E-state index contributed by atoms with van der Waals surface area (Å²) in [4.78, 5) is 25.2. The Balaban J connectivity index is 1.34. The predicted molar refractivity (Wildman–Crippen MR) is 121 cm³/mol. The highest BCUT2D eigenvalue weighted by Crippen LogP contribution is 2.33. The lowest BCUT2D eigenvalue weighted by Gasteiger charge is -2.35. The molecule has 1 aromatic heterocycles. The maximum absolute atomic E-state index is 13.0. The summed E-state index contributed by atoms with van der Waals surface area (Å²) >= 11 is 0. The fourth-order valence-corrected chi connectivity index (χ4v) is 5.31. The number of aromatic nitrogens is 2. The van der Waals surface area contributed by atoms with Crippen LogP contribution in [0.25, 0.3) is 11.4 Å². The van der Waals surface area contributed by atoms with Crippen molar-refractivity contribution >= 4 is 11.7 Å². The molecule has 1 aromatic carbocycles. The van der Waals surface area contributed by atoms with E-state index in [0.717, 1.165) is 88.1 Å². The summed E-state index contributed by atoms with van der Waals surface area (Å²) in [6.45, 7) is 1.66. The molecule has 164 valence electrons. The number of carbonyl (C=O) groups excluding carboxylic acids is 1. The van der Waals surface area contributed by atoms with Crippen LogP contribution >= 0.6 is 0 Å². The van der Waals surface area contributed by atoms with E-state index in [-0.39, 0.29) is 24.0 Å². The van der Waals surface area contributed by atoms with Crippen molar-refractivity contribution in [2.24, 2.45) is 5.92 Å². The normalized spacial score (nSPS) is 25.8. The van der Waals surface area contributed by atoms with Gasteiger partial charge in [0, 0.05) is 36.0 Å². The molecule has 1 saturated carbocycles. The standard InChI is InChI=1S/C25H32N4O2/c30-20-13-11-19(12-14-20)26-25(31)18-8-5-15-29(16-18)24-21-9-4-10-22(21)27-23(28-24)17-6-2-1-3-7-17/h1-3,6-7,18-20,30H,4-5,8-16H2,(H,26,31)/t18-,19?,20?/m1/s1. The maximum Gasteiger partial charge on any atom is 0.225 e. The van der Waals surface area contributed by atoms with E-state index in [2.05, 4.69) is 22.3 Å². The smallest absolute Gasteiger partial charge is 0.225 e. The monoisotopic (exact) mass is 420 g/mol. The third kappa shape index (κ3) is 4.45. The lowest BCUT2D eigenvalue weighted by atomic mass is 9.91. The quantitative estimate of drug-likeness (QED) is 0.794. The van der Waals surface area contributed by atoms with Crippen molar-refractivity contribution in [1.29, 1.82) is 0 Å². The van der Waals surface area contributed by atoms with Crippen molar-refractivity contribution in [3.05, 3.63) is 41.6 Å². The Hall–Kier alpha value is -2.47. The Morgan fingerprint density at radius 1 is 1.00 bits per heavy atom. The van der Waals surface area contributed by atoms with Crippen molar-refractivity contribution in [3.63, 3.8) is 0 Å². The van der Waals surface area contributed by atoms with Crippen molar-refractivity contribution in [2.45, 2.75) is 69.9 Å². The second-order valence-electron chi connectivity index (χ2n) is 9.31. The molecule has 31 heavy (non-hydrogen) atoms. The van der Waals surface area contributed by atoms with Gasteiger partial charge >= 0.3 is 0 Å². The Kier molecular flexibility index (Phi) is 5.90. The van der Waals surface area contributed by atoms with Crippen LogP contribution in [0.1, 0.15) is 56.2 Å². The molecule has 2 aliphatic carbocycles. The number of aryl methyl sites for hydroxylation is 1. The Morgan fingerprint density at radius 3 is 2.61 bits per heavy atom. The largest absolute Gasteiger partial charge is 0.393 e. The average Bonchev–Trinajstić information content (AvgIpc) is 3.29. The highest BCUT2D eigenvalue weighted by Gasteiger charge is 2.31. The van der Waals surface area contributed by atoms with Crippen LogP contribution < -0.4 is 10.2 Å². The zero-order valence-electron chi connectivity index (χ0n) is 18.1. The van der Waals surface area contributed by atoms with Gasteiger partial charge in [0.1, 0.15) is 5.82 Å². The number of hydrogen-bond donors (Lipinski definition) is 2. The van der Waals surface area contributed by atoms with Crippen molar-refractivity contribution in [1.82, 2.24) is 15.3 Å². The summed E-state index contributed by atoms with van der Waals surface area (Å²) in [6.07, 6.45) is 8.23. The average molecular weight is 421 g/mol. The highest BCUT2D eigenvalue weighted by molar-refractivity contribution is 5.80. The second kappa shape index (κ2) is 8.95. The summed E-state index contributed by atoms with van der Waals surface area (Å²) in [5.74, 6) is 2.00. The minimum Gasteiger partial charge on any atom is -0.393 e. The Bertz CT molecular complexity index is 925. The Morgan fingerprint density at radius 2 is 1.81 bits per heavy atom. The molecule has 0 spiro atoms. The summed E-state index contributed by atoms with van der Waals surface area (Å²) in [5.41, 5.74) is 3.50. The van der Waals surface area contributed by atoms with Gasteiger partial charge < -0.3 is 15.3 Å². The molecule has 0 bridgehead atoms. The first-order valence-electron chi connectivity index (χ1n) is 11.9. The number of aliphatic hydroxyl groups excluding tert-OH is 1. The maximum atomic E-state index is 13.0. The van der Waals surface area contributed by atoms with Crippen molar-refractivity contribution in [2.75, 3.05) is 18.0 Å². The summed E-state index contributed by atoms with van der Waals surface area (Å²) in [5, 5.41) is 13.0. The van der Waals surface area contributed by atoms with Gasteiger partial charge in [-0.1, -0.05) is 30.3 Å². The zero-order chi connectivity index (χ0) is 21.2. The molecule has 1 amide bonds. The molecule has 2 heterocycles. The first-order valence-corrected chi connectivity index (χ1v) is 11.9. The molecular formula is C25H32N4O2. The van der Waals surface area contributed by atoms with Gasteiger partial charge in [0.2, 0.25) is 5.91 Å². The van der Waals surface area contributed by atoms with E-state index in [1.807, 2.05) is 18.2 Å². The molecule has 2 N–H and O–H groups in total. The molecule has 0 radical (unpaired) electrons. The van der Waals surface area contributed by atoms with E-state index in [1.54, 1.807) is 0 Å². The van der Waals surface area contributed by atoms with E-state index in [9.17, 15) is 9.90 Å². The number of nitrogens with zero attached hydrogens (tertiary/aromatic N) is 3. The minimum atomic E-state index is -0.197. The molecule has 1 aliphatic heterocycles. The van der Waals surface area contributed by atoms with Crippen molar-refractivity contribution < 1.29 is 9.90 Å². The lowest BCUT2D eigenvalue weighted by molar-refractivity contribution is -0.126. The number of hydrogen-bond acceptors (Lipinski definition) is 5. The van der Waals surface area contributed by atoms with Gasteiger partial charge in [-0.05, 0) is 57.8 Å². The number of amides is 1. The molecule has 6 nitrogen and oxygen atoms in total. The van der Waals surface area contributed by atoms with Gasteiger partial charge in [0.15, 0.2) is 5.82 Å². The van der Waals surface area contributed by atoms with Crippen LogP contribution in [0.5, 0.6) is 0 Å². The number of fused-ring (bicyclic) bond motifs is 1. The number of carbonyl (C=O) groups is 1. The van der Waals surface area contributed by atoms with Crippen LogP contribution in [-0.2, 0) is 17.6 Å². The molecule has 1 atom stereocenters. The van der Waals surface area contributed by atoms with E-state index in [0.29, 0.717) is 0 Å². The van der Waals surface area contributed by atoms with E-state index in [4.69, 9.17) is 9.97 Å². The summed E-state index contributed by atoms with van der Waals surface area (Å²) < 4.78 is 0. The van der Waals surface area contributed by atoms with E-state index in [1.165, 1.54) is 11.3 Å². The summed E-state index contributed by atoms with van der Waals surface area (Å²) in [7, 11) is 0. The molecule has 1 saturated heterocycles. The molecule has 0 unspecified atom stereocenters. The fraction of sp³-hybridized carbons (Fsp3) is 0.560. The first-order chi connectivity index (χ1) is 15.2. The van der Waals surface area contributed by atoms with Crippen LogP contribution in [0, 0.1) is 5.92 Å². The number of nitrogens with one attached hydrogen (secondary N) is 1. The zero-order valence-corrected chi connectivity index (χ0v) is 18.1. The van der Waals surface area contributed by atoms with Crippen LogP contribution in [0.3, 0.4) is 0 Å². The van der Waals surface area contributed by atoms with Crippen LogP contribution in [0.4, 0.5) is 5.82 Å². The van der Waals surface area contributed by atoms with Crippen molar-refractivity contribution in [3.8, 4) is 11.4 Å². The molecule has 2 fully saturated rings. The third-order valence-corrected chi connectivity index (χ3v) is 7.08. The third-order valence-electron chi connectivity index (χ3n) is 7.08. The van der Waals surface area contributed by atoms with Gasteiger partial charge in [0.05, 0.1) is 12.0 Å². The number of piperidine rings is 1. The predicted octanol–water partition coefficient (Wildman–Crippen LogP) is 3.27. The van der Waals surface area contributed by atoms with Gasteiger partial charge in [-0.25, -0.2) is 9.97 Å². The van der Waals surface area contributed by atoms with Gasteiger partial charge in [-0.3, -0.25) is 4.79 Å². The number of aliphatic hydroxyl groups is 1. The lowest BCUT2D eigenvalue weighted by Crippen LogP contribution is -2.47. The topological polar surface area (TPSA) is 78.4 Å². The van der Waals surface area contributed by atoms with E-state index >= 15 is 0 Å². The summed E-state index contributed by atoms with van der Waals surface area (Å²) in [6, 6.07) is 10.4.